The molecule has 16 heavy (non-hydrogen) atoms. The maximum absolute atomic E-state index is 10.0. The fraction of sp³-hybridized carbons (Fsp3) is 0. The van der Waals surface area contributed by atoms with Crippen LogP contribution in [-0.4, -0.2) is 11.4 Å². The maximum Gasteiger partial charge on any atom is 1.00 e. The normalized spacial score (nSPS) is 8.00. The molecule has 1 N–H and O–H groups in total. The molecule has 3 heteroatoms. The minimum Gasteiger partial charge on any atom is -1.00 e. The van der Waals surface area contributed by atoms with E-state index in [4.69, 9.17) is 5.11 Å². The van der Waals surface area contributed by atoms with E-state index in [0.717, 1.165) is 6.29 Å². The van der Waals surface area contributed by atoms with Crippen molar-refractivity contribution < 1.29 is 30.2 Å². The third-order valence-electron chi connectivity index (χ3n) is 1.70. The predicted octanol–water partition coefficient (Wildman–Crippen LogP) is 0.00780. The topological polar surface area (TPSA) is 37.3 Å². The molecule has 0 aliphatic rings. The number of phenols is 1. The Balaban J connectivity index is 0. The summed E-state index contributed by atoms with van der Waals surface area (Å²) in [5.74, 6) is 0.181. The smallest absolute Gasteiger partial charge is 1.00 e. The molecular weight excluding hydrogens is 195 g/mol. The van der Waals surface area contributed by atoms with Crippen molar-refractivity contribution in [1.82, 2.24) is 0 Å². The molecule has 78 valence electrons. The molecule has 0 spiro atoms. The van der Waals surface area contributed by atoms with Crippen molar-refractivity contribution in [3.8, 4) is 5.75 Å². The Labute approximate surface area is 109 Å². The molecule has 0 fully saturated rings. The Bertz CT molecular complexity index is 363. The zero-order valence-electron chi connectivity index (χ0n) is 10.2. The molecule has 0 saturated heterocycles. The van der Waals surface area contributed by atoms with Gasteiger partial charge >= 0.3 is 18.9 Å². The van der Waals surface area contributed by atoms with Gasteiger partial charge in [0.2, 0.25) is 0 Å². The van der Waals surface area contributed by atoms with Gasteiger partial charge in [0.05, 0.1) is 0 Å². The average Bonchev–Trinajstić information content (AvgIpc) is 2.33. The second-order valence-electron chi connectivity index (χ2n) is 2.86. The second-order valence-corrected chi connectivity index (χ2v) is 2.86. The van der Waals surface area contributed by atoms with E-state index < -0.39 is 0 Å². The van der Waals surface area contributed by atoms with Crippen molar-refractivity contribution in [2.45, 2.75) is 0 Å². The molecule has 2 aromatic rings. The largest absolute Gasteiger partial charge is 1.00 e. The number of hydrogen-bond acceptors (Lipinski definition) is 2. The summed E-state index contributed by atoms with van der Waals surface area (Å²) in [6, 6.07) is 18.1. The standard InChI is InChI=1S/C7H6O2.C6H6.Li.H/c8-5-6-1-3-7(9)4-2-6;1-2-4-6-5-3-1;;/h1-5,9H;1-6H;;/q;;+1;-1. The Morgan fingerprint density at radius 3 is 1.56 bits per heavy atom. The molecular formula is C13H13LiO2. The number of aldehydes is 1. The first-order chi connectivity index (χ1) is 7.33. The summed E-state index contributed by atoms with van der Waals surface area (Å²) in [6.07, 6.45) is 0.736. The van der Waals surface area contributed by atoms with Crippen molar-refractivity contribution in [3.05, 3.63) is 66.2 Å². The zero-order valence-corrected chi connectivity index (χ0v) is 9.21. The van der Waals surface area contributed by atoms with Crippen LogP contribution in [0.5, 0.6) is 5.75 Å². The first kappa shape index (κ1) is 14.5. The summed E-state index contributed by atoms with van der Waals surface area (Å²) in [5, 5.41) is 8.74. The van der Waals surface area contributed by atoms with Crippen molar-refractivity contribution in [2.24, 2.45) is 0 Å². The molecule has 2 nitrogen and oxygen atoms in total. The van der Waals surface area contributed by atoms with Crippen LogP contribution in [0.2, 0.25) is 0 Å². The van der Waals surface area contributed by atoms with Gasteiger partial charge in [0.25, 0.3) is 0 Å². The second kappa shape index (κ2) is 8.79. The van der Waals surface area contributed by atoms with Gasteiger partial charge in [-0.05, 0) is 24.3 Å². The van der Waals surface area contributed by atoms with Crippen LogP contribution in [0.3, 0.4) is 0 Å². The average molecular weight is 208 g/mol. The van der Waals surface area contributed by atoms with Gasteiger partial charge in [-0.1, -0.05) is 36.4 Å². The molecule has 2 aromatic carbocycles. The van der Waals surface area contributed by atoms with Crippen LogP contribution >= 0.6 is 0 Å². The number of hydrogen-bond donors (Lipinski definition) is 1. The Morgan fingerprint density at radius 2 is 1.25 bits per heavy atom. The number of carbonyl (C=O) groups excluding carboxylic acids is 1. The van der Waals surface area contributed by atoms with Crippen LogP contribution in [0.25, 0.3) is 0 Å². The summed E-state index contributed by atoms with van der Waals surface area (Å²) in [7, 11) is 0. The minimum absolute atomic E-state index is 0. The number of carbonyl (C=O) groups is 1. The molecule has 0 aromatic heterocycles. The van der Waals surface area contributed by atoms with E-state index in [9.17, 15) is 4.79 Å². The molecule has 0 aliphatic heterocycles. The number of benzene rings is 2. The fourth-order valence-corrected chi connectivity index (χ4v) is 0.938. The monoisotopic (exact) mass is 208 g/mol. The van der Waals surface area contributed by atoms with Gasteiger partial charge < -0.3 is 6.53 Å². The van der Waals surface area contributed by atoms with Gasteiger partial charge in [0.15, 0.2) is 0 Å². The van der Waals surface area contributed by atoms with Crippen LogP contribution in [0.15, 0.2) is 60.7 Å². The zero-order chi connectivity index (χ0) is 10.9. The summed E-state index contributed by atoms with van der Waals surface area (Å²) < 4.78 is 0. The van der Waals surface area contributed by atoms with E-state index in [1.807, 2.05) is 36.4 Å². The van der Waals surface area contributed by atoms with E-state index in [1.54, 1.807) is 12.1 Å². The predicted molar refractivity (Wildman–Crippen MR) is 61.0 cm³/mol. The van der Waals surface area contributed by atoms with Gasteiger partial charge in [-0.3, -0.25) is 4.79 Å². The summed E-state index contributed by atoms with van der Waals surface area (Å²) in [6.45, 7) is 0. The summed E-state index contributed by atoms with van der Waals surface area (Å²) >= 11 is 0. The summed E-state index contributed by atoms with van der Waals surface area (Å²) in [4.78, 5) is 10.0. The molecule has 0 unspecified atom stereocenters. The van der Waals surface area contributed by atoms with Crippen LogP contribution in [-0.2, 0) is 0 Å². The molecule has 0 amide bonds. The molecule has 0 saturated carbocycles. The molecule has 0 aliphatic carbocycles. The third kappa shape index (κ3) is 6.08. The molecule has 0 radical (unpaired) electrons. The third-order valence-corrected chi connectivity index (χ3v) is 1.70. The minimum atomic E-state index is 0. The molecule has 2 rings (SSSR count). The Kier molecular flexibility index (Phi) is 7.97. The van der Waals surface area contributed by atoms with Crippen LogP contribution in [0.1, 0.15) is 11.8 Å². The SMILES string of the molecule is O=Cc1ccc(O)cc1.[H-].[Li+].c1ccccc1. The molecule has 0 atom stereocenters. The van der Waals surface area contributed by atoms with Crippen molar-refractivity contribution >= 4 is 6.29 Å². The van der Waals surface area contributed by atoms with E-state index in [2.05, 4.69) is 0 Å². The Hall–Kier alpha value is -1.49. The molecule has 0 bridgehead atoms. The molecule has 0 heterocycles. The van der Waals surface area contributed by atoms with Crippen LogP contribution in [0.4, 0.5) is 0 Å². The quantitative estimate of drug-likeness (QED) is 0.529. The first-order valence-corrected chi connectivity index (χ1v) is 4.57. The van der Waals surface area contributed by atoms with Crippen molar-refractivity contribution in [2.75, 3.05) is 0 Å². The van der Waals surface area contributed by atoms with E-state index in [-0.39, 0.29) is 26.0 Å². The van der Waals surface area contributed by atoms with Gasteiger partial charge in [-0.25, -0.2) is 0 Å². The number of phenolic OH excluding ortho intramolecular Hbond substituents is 1. The van der Waals surface area contributed by atoms with Gasteiger partial charge in [-0.2, -0.15) is 0 Å². The van der Waals surface area contributed by atoms with Gasteiger partial charge in [-0.15, -0.1) is 0 Å². The van der Waals surface area contributed by atoms with Gasteiger partial charge in [0.1, 0.15) is 12.0 Å². The van der Waals surface area contributed by atoms with Gasteiger partial charge in [0, 0.05) is 5.56 Å². The number of aromatic hydroxyl groups is 1. The maximum atomic E-state index is 10.0. The van der Waals surface area contributed by atoms with Crippen molar-refractivity contribution in [3.63, 3.8) is 0 Å². The van der Waals surface area contributed by atoms with Crippen LogP contribution < -0.4 is 18.9 Å². The Morgan fingerprint density at radius 1 is 0.875 bits per heavy atom. The van der Waals surface area contributed by atoms with E-state index in [0.29, 0.717) is 5.56 Å². The fourth-order valence-electron chi connectivity index (χ4n) is 0.938. The van der Waals surface area contributed by atoms with Crippen LogP contribution in [0, 0.1) is 0 Å². The van der Waals surface area contributed by atoms with Crippen molar-refractivity contribution in [1.29, 1.82) is 0 Å². The van der Waals surface area contributed by atoms with E-state index in [1.165, 1.54) is 12.1 Å². The summed E-state index contributed by atoms with van der Waals surface area (Å²) in [5.41, 5.74) is 0.577. The van der Waals surface area contributed by atoms with E-state index >= 15 is 0 Å². The first-order valence-electron chi connectivity index (χ1n) is 4.57. The number of rotatable bonds is 1.